The first kappa shape index (κ1) is 18.7. The molecule has 0 spiro atoms. The summed E-state index contributed by atoms with van der Waals surface area (Å²) < 4.78 is 36.1. The molecule has 0 amide bonds. The highest BCUT2D eigenvalue weighted by molar-refractivity contribution is 7.90. The quantitative estimate of drug-likeness (QED) is 0.694. The molecule has 3 aromatic rings. The summed E-state index contributed by atoms with van der Waals surface area (Å²) >= 11 is 0. The van der Waals surface area contributed by atoms with Crippen LogP contribution in [0.3, 0.4) is 0 Å². The number of ether oxygens (including phenoxy) is 2. The predicted octanol–water partition coefficient (Wildman–Crippen LogP) is 2.92. The van der Waals surface area contributed by atoms with Crippen LogP contribution in [0.2, 0.25) is 0 Å². The number of pyridine rings is 1. The summed E-state index contributed by atoms with van der Waals surface area (Å²) in [4.78, 5) is 15.4. The number of carboxylic acid groups (broad SMARTS) is 1. The molecule has 0 fully saturated rings. The molecule has 0 atom stereocenters. The number of fused-ring (bicyclic) bond motifs is 1. The predicted molar refractivity (Wildman–Crippen MR) is 99.1 cm³/mol. The standard InChI is InChI=1S/C19H17NO6S/c1-25-15-4-6-17(26-2)18(9-15)27(23,24)11-12-7-14-8-13(19(21)22)3-5-16(14)20-10-12/h3-10H,11H2,1-2H3,(H,21,22). The van der Waals surface area contributed by atoms with Crippen LogP contribution in [-0.2, 0) is 15.6 Å². The van der Waals surface area contributed by atoms with E-state index in [1.807, 2.05) is 0 Å². The average Bonchev–Trinajstić information content (AvgIpc) is 2.66. The number of carbonyl (C=O) groups is 1. The first-order chi connectivity index (χ1) is 12.8. The number of aromatic nitrogens is 1. The Morgan fingerprint density at radius 2 is 1.85 bits per heavy atom. The summed E-state index contributed by atoms with van der Waals surface area (Å²) in [5, 5.41) is 9.67. The second-order valence-corrected chi connectivity index (χ2v) is 7.79. The molecule has 7 nitrogen and oxygen atoms in total. The van der Waals surface area contributed by atoms with Crippen LogP contribution in [0.15, 0.2) is 53.6 Å². The Bertz CT molecular complexity index is 1120. The van der Waals surface area contributed by atoms with Gasteiger partial charge in [-0.25, -0.2) is 13.2 Å². The van der Waals surface area contributed by atoms with Crippen LogP contribution in [0, 0.1) is 0 Å². The Morgan fingerprint density at radius 3 is 2.52 bits per heavy atom. The van der Waals surface area contributed by atoms with Crippen molar-refractivity contribution in [3.63, 3.8) is 0 Å². The molecular weight excluding hydrogens is 370 g/mol. The van der Waals surface area contributed by atoms with E-state index >= 15 is 0 Å². The lowest BCUT2D eigenvalue weighted by molar-refractivity contribution is 0.0697. The van der Waals surface area contributed by atoms with Gasteiger partial charge in [0.2, 0.25) is 0 Å². The van der Waals surface area contributed by atoms with Crippen LogP contribution in [0.4, 0.5) is 0 Å². The van der Waals surface area contributed by atoms with E-state index in [1.54, 1.807) is 18.2 Å². The normalized spacial score (nSPS) is 11.3. The maximum absolute atomic E-state index is 12.9. The van der Waals surface area contributed by atoms with Crippen LogP contribution < -0.4 is 9.47 Å². The van der Waals surface area contributed by atoms with E-state index in [0.29, 0.717) is 22.2 Å². The smallest absolute Gasteiger partial charge is 0.335 e. The van der Waals surface area contributed by atoms with Gasteiger partial charge in [-0.1, -0.05) is 0 Å². The van der Waals surface area contributed by atoms with Gasteiger partial charge in [-0.2, -0.15) is 0 Å². The van der Waals surface area contributed by atoms with Crippen LogP contribution in [0.25, 0.3) is 10.9 Å². The van der Waals surface area contributed by atoms with Crippen molar-refractivity contribution in [3.8, 4) is 11.5 Å². The highest BCUT2D eigenvalue weighted by atomic mass is 32.2. The van der Waals surface area contributed by atoms with Gasteiger partial charge in [0.25, 0.3) is 0 Å². The molecule has 3 rings (SSSR count). The first-order valence-electron chi connectivity index (χ1n) is 7.91. The minimum atomic E-state index is -3.75. The molecule has 1 N–H and O–H groups in total. The molecular formula is C19H17NO6S. The molecule has 2 aromatic carbocycles. The maximum Gasteiger partial charge on any atom is 0.335 e. The molecule has 0 bridgehead atoms. The van der Waals surface area contributed by atoms with Gasteiger partial charge >= 0.3 is 5.97 Å². The van der Waals surface area contributed by atoms with Crippen LogP contribution >= 0.6 is 0 Å². The molecule has 8 heteroatoms. The molecule has 0 aliphatic carbocycles. The molecule has 0 radical (unpaired) electrons. The molecule has 0 aliphatic rings. The minimum Gasteiger partial charge on any atom is -0.497 e. The van der Waals surface area contributed by atoms with Crippen molar-refractivity contribution in [3.05, 3.63) is 59.8 Å². The Morgan fingerprint density at radius 1 is 1.07 bits per heavy atom. The molecule has 0 saturated carbocycles. The second kappa shape index (κ2) is 7.24. The summed E-state index contributed by atoms with van der Waals surface area (Å²) in [6, 6.07) is 10.7. The molecule has 0 aliphatic heterocycles. The van der Waals surface area contributed by atoms with E-state index in [4.69, 9.17) is 14.6 Å². The van der Waals surface area contributed by atoms with Crippen molar-refractivity contribution >= 4 is 26.7 Å². The van der Waals surface area contributed by atoms with Gasteiger partial charge in [0.05, 0.1) is 31.1 Å². The monoisotopic (exact) mass is 387 g/mol. The fourth-order valence-electron chi connectivity index (χ4n) is 2.71. The molecule has 1 heterocycles. The lowest BCUT2D eigenvalue weighted by Crippen LogP contribution is -2.08. The summed E-state index contributed by atoms with van der Waals surface area (Å²) in [6.45, 7) is 0. The number of hydrogen-bond donors (Lipinski definition) is 1. The third kappa shape index (κ3) is 3.85. The lowest BCUT2D eigenvalue weighted by atomic mass is 10.1. The molecule has 1 aromatic heterocycles. The minimum absolute atomic E-state index is 0.0173. The number of rotatable bonds is 6. The summed E-state index contributed by atoms with van der Waals surface area (Å²) in [7, 11) is -0.901. The zero-order valence-corrected chi connectivity index (χ0v) is 15.5. The van der Waals surface area contributed by atoms with Crippen molar-refractivity contribution in [2.45, 2.75) is 10.6 Å². The largest absolute Gasteiger partial charge is 0.497 e. The van der Waals surface area contributed by atoms with Crippen LogP contribution in [0.5, 0.6) is 11.5 Å². The Hall–Kier alpha value is -3.13. The van der Waals surface area contributed by atoms with Gasteiger partial charge in [0, 0.05) is 17.6 Å². The fourth-order valence-corrected chi connectivity index (χ4v) is 4.22. The Kier molecular flexibility index (Phi) is 5.00. The lowest BCUT2D eigenvalue weighted by Gasteiger charge is -2.11. The van der Waals surface area contributed by atoms with E-state index in [1.165, 1.54) is 44.7 Å². The van der Waals surface area contributed by atoms with Gasteiger partial charge in [-0.05, 0) is 42.0 Å². The van der Waals surface area contributed by atoms with E-state index in [2.05, 4.69) is 4.98 Å². The maximum atomic E-state index is 12.9. The van der Waals surface area contributed by atoms with Gasteiger partial charge in [-0.15, -0.1) is 0 Å². The number of carboxylic acids is 1. The number of methoxy groups -OCH3 is 2. The second-order valence-electron chi connectivity index (χ2n) is 5.83. The van der Waals surface area contributed by atoms with E-state index in [9.17, 15) is 13.2 Å². The highest BCUT2D eigenvalue weighted by Gasteiger charge is 2.22. The zero-order valence-electron chi connectivity index (χ0n) is 14.7. The van der Waals surface area contributed by atoms with Crippen molar-refractivity contribution in [2.24, 2.45) is 0 Å². The number of benzene rings is 2. The number of nitrogens with zero attached hydrogens (tertiary/aromatic N) is 1. The SMILES string of the molecule is COc1ccc(OC)c(S(=O)(=O)Cc2cnc3ccc(C(=O)O)cc3c2)c1. The highest BCUT2D eigenvalue weighted by Crippen LogP contribution is 2.31. The molecule has 0 unspecified atom stereocenters. The Balaban J connectivity index is 2.02. The first-order valence-corrected chi connectivity index (χ1v) is 9.56. The topological polar surface area (TPSA) is 103 Å². The third-order valence-corrected chi connectivity index (χ3v) is 5.75. The zero-order chi connectivity index (χ0) is 19.6. The summed E-state index contributed by atoms with van der Waals surface area (Å²) in [6.07, 6.45) is 1.47. The van der Waals surface area contributed by atoms with Crippen molar-refractivity contribution in [2.75, 3.05) is 14.2 Å². The van der Waals surface area contributed by atoms with Crippen LogP contribution in [0.1, 0.15) is 15.9 Å². The molecule has 0 saturated heterocycles. The summed E-state index contributed by atoms with van der Waals surface area (Å²) in [5.41, 5.74) is 1.13. The fraction of sp³-hybridized carbons (Fsp3) is 0.158. The molecule has 27 heavy (non-hydrogen) atoms. The third-order valence-electron chi connectivity index (χ3n) is 4.05. The van der Waals surface area contributed by atoms with Crippen molar-refractivity contribution < 1.29 is 27.8 Å². The van der Waals surface area contributed by atoms with Gasteiger partial charge in [-0.3, -0.25) is 4.98 Å². The van der Waals surface area contributed by atoms with Gasteiger partial charge in [0.1, 0.15) is 16.4 Å². The van der Waals surface area contributed by atoms with E-state index in [-0.39, 0.29) is 22.0 Å². The van der Waals surface area contributed by atoms with E-state index < -0.39 is 15.8 Å². The van der Waals surface area contributed by atoms with Crippen LogP contribution in [-0.4, -0.2) is 38.7 Å². The number of hydrogen-bond acceptors (Lipinski definition) is 6. The van der Waals surface area contributed by atoms with Crippen molar-refractivity contribution in [1.29, 1.82) is 0 Å². The number of sulfone groups is 1. The van der Waals surface area contributed by atoms with Crippen molar-refractivity contribution in [1.82, 2.24) is 4.98 Å². The van der Waals surface area contributed by atoms with E-state index in [0.717, 1.165) is 0 Å². The Labute approximate surface area is 156 Å². The average molecular weight is 387 g/mol. The number of aromatic carboxylic acids is 1. The van der Waals surface area contributed by atoms with Gasteiger partial charge in [0.15, 0.2) is 9.84 Å². The van der Waals surface area contributed by atoms with Gasteiger partial charge < -0.3 is 14.6 Å². The summed E-state index contributed by atoms with van der Waals surface area (Å²) in [5.74, 6) is -0.748. The molecule has 140 valence electrons.